The van der Waals surface area contributed by atoms with Gasteiger partial charge in [0.05, 0.1) is 21.9 Å². The van der Waals surface area contributed by atoms with Crippen molar-refractivity contribution in [2.24, 2.45) is 7.05 Å². The Hall–Kier alpha value is -1.86. The lowest BCUT2D eigenvalue weighted by atomic mass is 10.2. The summed E-state index contributed by atoms with van der Waals surface area (Å²) in [6, 6.07) is 5.85. The van der Waals surface area contributed by atoms with Crippen molar-refractivity contribution < 1.29 is 13.2 Å². The van der Waals surface area contributed by atoms with Crippen molar-refractivity contribution in [1.82, 2.24) is 9.78 Å². The zero-order valence-electron chi connectivity index (χ0n) is 12.4. The highest BCUT2D eigenvalue weighted by molar-refractivity contribution is 7.91. The number of halogens is 1. The molecule has 0 aliphatic heterocycles. The fourth-order valence-corrected chi connectivity index (χ4v) is 3.26. The van der Waals surface area contributed by atoms with E-state index in [2.05, 4.69) is 10.4 Å². The van der Waals surface area contributed by atoms with Gasteiger partial charge in [-0.1, -0.05) is 18.5 Å². The first-order chi connectivity index (χ1) is 10.2. The smallest absolute Gasteiger partial charge is 0.258 e. The number of carbonyl (C=O) groups is 1. The van der Waals surface area contributed by atoms with Crippen LogP contribution in [-0.4, -0.2) is 29.9 Å². The lowest BCUT2D eigenvalue weighted by Gasteiger charge is -2.10. The van der Waals surface area contributed by atoms with Crippen molar-refractivity contribution in [3.8, 4) is 0 Å². The Labute approximate surface area is 134 Å². The van der Waals surface area contributed by atoms with Gasteiger partial charge in [0.15, 0.2) is 9.84 Å². The molecule has 118 valence electrons. The van der Waals surface area contributed by atoms with E-state index in [1.807, 2.05) is 0 Å². The molecule has 0 aliphatic rings. The lowest BCUT2D eigenvalue weighted by Crippen LogP contribution is -2.18. The molecule has 2 rings (SSSR count). The maximum atomic E-state index is 12.4. The van der Waals surface area contributed by atoms with Gasteiger partial charge in [-0.3, -0.25) is 9.48 Å². The number of amides is 1. The summed E-state index contributed by atoms with van der Waals surface area (Å²) in [5, 5.41) is 7.06. The predicted molar refractivity (Wildman–Crippen MR) is 85.1 cm³/mol. The first kappa shape index (κ1) is 16.5. The number of anilines is 1. The highest BCUT2D eigenvalue weighted by Crippen LogP contribution is 2.23. The van der Waals surface area contributed by atoms with Crippen LogP contribution < -0.4 is 5.32 Å². The van der Waals surface area contributed by atoms with E-state index < -0.39 is 15.7 Å². The van der Waals surface area contributed by atoms with Crippen LogP contribution in [0.15, 0.2) is 29.2 Å². The molecule has 0 atom stereocenters. The molecule has 0 spiro atoms. The summed E-state index contributed by atoms with van der Waals surface area (Å²) in [7, 11) is -1.84. The molecule has 0 saturated carbocycles. The summed E-state index contributed by atoms with van der Waals surface area (Å²) in [6.07, 6.45) is 0. The van der Waals surface area contributed by atoms with Crippen LogP contribution in [0.2, 0.25) is 5.02 Å². The van der Waals surface area contributed by atoms with Gasteiger partial charge in [0.1, 0.15) is 5.82 Å². The number of aromatic nitrogens is 2. The third-order valence-corrected chi connectivity index (χ3v) is 5.17. The molecule has 1 aromatic heterocycles. The minimum absolute atomic E-state index is 0.0215. The summed E-state index contributed by atoms with van der Waals surface area (Å²) in [5.74, 6) is -0.167. The van der Waals surface area contributed by atoms with Crippen LogP contribution in [-0.2, 0) is 16.9 Å². The zero-order valence-corrected chi connectivity index (χ0v) is 14.0. The van der Waals surface area contributed by atoms with Crippen molar-refractivity contribution in [2.75, 3.05) is 11.1 Å². The quantitative estimate of drug-likeness (QED) is 0.926. The fraction of sp³-hybridized carbons (Fsp3) is 0.286. The van der Waals surface area contributed by atoms with Gasteiger partial charge in [-0.2, -0.15) is 5.10 Å². The van der Waals surface area contributed by atoms with Gasteiger partial charge < -0.3 is 5.32 Å². The summed E-state index contributed by atoms with van der Waals surface area (Å²) >= 11 is 5.90. The average Bonchev–Trinajstić information content (AvgIpc) is 2.76. The van der Waals surface area contributed by atoms with E-state index in [0.29, 0.717) is 10.8 Å². The van der Waals surface area contributed by atoms with Crippen molar-refractivity contribution in [3.63, 3.8) is 0 Å². The minimum atomic E-state index is -3.53. The van der Waals surface area contributed by atoms with Gasteiger partial charge in [0, 0.05) is 18.1 Å². The minimum Gasteiger partial charge on any atom is -0.307 e. The predicted octanol–water partition coefficient (Wildman–Crippen LogP) is 2.43. The van der Waals surface area contributed by atoms with Crippen LogP contribution in [0.1, 0.15) is 23.0 Å². The van der Waals surface area contributed by atoms with Crippen LogP contribution in [0.25, 0.3) is 0 Å². The molecule has 1 aromatic carbocycles. The number of carbonyl (C=O) groups excluding carboxylic acids is 1. The monoisotopic (exact) mass is 341 g/mol. The Balaban J connectivity index is 2.45. The topological polar surface area (TPSA) is 81.1 Å². The molecule has 0 saturated heterocycles. The summed E-state index contributed by atoms with van der Waals surface area (Å²) in [5.41, 5.74) is 0.763. The molecule has 0 radical (unpaired) electrons. The van der Waals surface area contributed by atoms with Crippen LogP contribution in [0.3, 0.4) is 0 Å². The number of nitrogens with zero attached hydrogens (tertiary/aromatic N) is 2. The second-order valence-electron chi connectivity index (χ2n) is 4.79. The summed E-state index contributed by atoms with van der Waals surface area (Å²) < 4.78 is 25.7. The SMILES string of the molecule is CCS(=O)(=O)c1ccc(Cl)cc1C(=O)Nc1cc(C)nn1C. The average molecular weight is 342 g/mol. The van der Waals surface area contributed by atoms with E-state index in [1.54, 1.807) is 20.0 Å². The van der Waals surface area contributed by atoms with Gasteiger partial charge in [-0.05, 0) is 25.1 Å². The van der Waals surface area contributed by atoms with Crippen molar-refractivity contribution >= 4 is 33.2 Å². The highest BCUT2D eigenvalue weighted by atomic mass is 35.5. The van der Waals surface area contributed by atoms with E-state index in [9.17, 15) is 13.2 Å². The van der Waals surface area contributed by atoms with Crippen LogP contribution in [0.4, 0.5) is 5.82 Å². The Morgan fingerprint density at radius 3 is 2.59 bits per heavy atom. The first-order valence-corrected chi connectivity index (χ1v) is 8.62. The molecule has 1 N–H and O–H groups in total. The van der Waals surface area contributed by atoms with Gasteiger partial charge >= 0.3 is 0 Å². The van der Waals surface area contributed by atoms with E-state index >= 15 is 0 Å². The molecule has 0 bridgehead atoms. The Kier molecular flexibility index (Phi) is 4.58. The van der Waals surface area contributed by atoms with Gasteiger partial charge in [0.2, 0.25) is 0 Å². The van der Waals surface area contributed by atoms with Gasteiger partial charge in [-0.15, -0.1) is 0 Å². The second kappa shape index (κ2) is 6.10. The number of hydrogen-bond donors (Lipinski definition) is 1. The lowest BCUT2D eigenvalue weighted by molar-refractivity contribution is 0.102. The molecular weight excluding hydrogens is 326 g/mol. The Morgan fingerprint density at radius 1 is 1.36 bits per heavy atom. The van der Waals surface area contributed by atoms with Crippen LogP contribution >= 0.6 is 11.6 Å². The molecule has 1 amide bonds. The van der Waals surface area contributed by atoms with E-state index in [1.165, 1.54) is 29.8 Å². The molecule has 0 unspecified atom stereocenters. The van der Waals surface area contributed by atoms with E-state index in [0.717, 1.165) is 5.69 Å². The fourth-order valence-electron chi connectivity index (χ4n) is 2.02. The number of nitrogens with one attached hydrogen (secondary N) is 1. The third kappa shape index (κ3) is 3.31. The Bertz CT molecular complexity index is 828. The van der Waals surface area contributed by atoms with Crippen molar-refractivity contribution in [1.29, 1.82) is 0 Å². The number of benzene rings is 1. The molecule has 1 heterocycles. The molecule has 6 nitrogen and oxygen atoms in total. The van der Waals surface area contributed by atoms with Crippen molar-refractivity contribution in [2.45, 2.75) is 18.7 Å². The third-order valence-electron chi connectivity index (χ3n) is 3.14. The maximum Gasteiger partial charge on any atom is 0.258 e. The maximum absolute atomic E-state index is 12.4. The number of rotatable bonds is 4. The normalized spacial score (nSPS) is 11.5. The molecule has 2 aromatic rings. The van der Waals surface area contributed by atoms with Gasteiger partial charge in [0.25, 0.3) is 5.91 Å². The summed E-state index contributed by atoms with van der Waals surface area (Å²) in [6.45, 7) is 3.32. The first-order valence-electron chi connectivity index (χ1n) is 6.59. The zero-order chi connectivity index (χ0) is 16.5. The molecule has 22 heavy (non-hydrogen) atoms. The number of aryl methyl sites for hydroxylation is 2. The number of sulfone groups is 1. The second-order valence-corrected chi connectivity index (χ2v) is 7.48. The molecular formula is C14H16ClN3O3S. The standard InChI is InChI=1S/C14H16ClN3O3S/c1-4-22(20,21)12-6-5-10(15)8-11(12)14(19)16-13-7-9(2)17-18(13)3/h5-8H,4H2,1-3H3,(H,16,19). The van der Waals surface area contributed by atoms with Gasteiger partial charge in [-0.25, -0.2) is 8.42 Å². The Morgan fingerprint density at radius 2 is 2.05 bits per heavy atom. The van der Waals surface area contributed by atoms with Crippen molar-refractivity contribution in [3.05, 3.63) is 40.5 Å². The van der Waals surface area contributed by atoms with Crippen LogP contribution in [0.5, 0.6) is 0 Å². The molecule has 0 aliphatic carbocycles. The summed E-state index contributed by atoms with van der Waals surface area (Å²) in [4.78, 5) is 12.4. The molecule has 8 heteroatoms. The van der Waals surface area contributed by atoms with E-state index in [-0.39, 0.29) is 16.2 Å². The van der Waals surface area contributed by atoms with E-state index in [4.69, 9.17) is 11.6 Å². The largest absolute Gasteiger partial charge is 0.307 e. The highest BCUT2D eigenvalue weighted by Gasteiger charge is 2.22. The molecule has 0 fully saturated rings. The van der Waals surface area contributed by atoms with Crippen LogP contribution in [0, 0.1) is 6.92 Å². The number of hydrogen-bond acceptors (Lipinski definition) is 4.